The van der Waals surface area contributed by atoms with Crippen molar-refractivity contribution in [1.82, 2.24) is 10.2 Å². The normalized spacial score (nSPS) is 11.9. The number of benzene rings is 3. The number of hydrogen-bond donors (Lipinski definition) is 1. The molecule has 3 aromatic rings. The Kier molecular flexibility index (Phi) is 12.7. The quantitative estimate of drug-likeness (QED) is 0.164. The second-order valence-electron chi connectivity index (χ2n) is 9.66. The van der Waals surface area contributed by atoms with Crippen LogP contribution in [0.3, 0.4) is 0 Å². The second kappa shape index (κ2) is 16.2. The molecule has 226 valence electrons. The van der Waals surface area contributed by atoms with Crippen LogP contribution in [-0.4, -0.2) is 57.1 Å². The lowest BCUT2D eigenvalue weighted by atomic mass is 10.1. The maximum absolute atomic E-state index is 14.2. The number of thioether (sulfide) groups is 1. The van der Waals surface area contributed by atoms with E-state index in [1.165, 1.54) is 16.7 Å². The van der Waals surface area contributed by atoms with Crippen LogP contribution in [0.25, 0.3) is 0 Å². The first-order chi connectivity index (χ1) is 20.3. The Labute approximate surface area is 254 Å². The monoisotopic (exact) mass is 611 g/mol. The molecule has 0 heterocycles. The average Bonchev–Trinajstić information content (AvgIpc) is 3.01. The van der Waals surface area contributed by atoms with Crippen LogP contribution in [0, 0.1) is 0 Å². The van der Waals surface area contributed by atoms with Gasteiger partial charge in [0.25, 0.3) is 10.0 Å². The summed E-state index contributed by atoms with van der Waals surface area (Å²) < 4.78 is 35.2. The average molecular weight is 612 g/mol. The van der Waals surface area contributed by atoms with E-state index in [0.717, 1.165) is 27.6 Å². The number of nitrogens with zero attached hydrogens (tertiary/aromatic N) is 2. The first kappa shape index (κ1) is 33.0. The molecule has 3 aromatic carbocycles. The first-order valence-electron chi connectivity index (χ1n) is 14.3. The number of carbonyl (C=O) groups excluding carboxylic acids is 2. The molecule has 0 aliphatic carbocycles. The molecule has 0 saturated heterocycles. The Morgan fingerprint density at radius 1 is 0.929 bits per heavy atom. The lowest BCUT2D eigenvalue weighted by molar-refractivity contribution is -0.140. The van der Waals surface area contributed by atoms with E-state index in [9.17, 15) is 18.0 Å². The summed E-state index contributed by atoms with van der Waals surface area (Å²) in [4.78, 5) is 30.0. The van der Waals surface area contributed by atoms with Gasteiger partial charge in [0.15, 0.2) is 0 Å². The van der Waals surface area contributed by atoms with E-state index in [4.69, 9.17) is 4.74 Å². The molecule has 1 N–H and O–H groups in total. The van der Waals surface area contributed by atoms with Gasteiger partial charge < -0.3 is 15.0 Å². The molecule has 0 fully saturated rings. The van der Waals surface area contributed by atoms with Crippen LogP contribution in [0.15, 0.2) is 88.7 Å². The van der Waals surface area contributed by atoms with Crippen LogP contribution in [0.1, 0.15) is 45.6 Å². The third-order valence-electron chi connectivity index (χ3n) is 6.77. The van der Waals surface area contributed by atoms with E-state index >= 15 is 0 Å². The summed E-state index contributed by atoms with van der Waals surface area (Å²) in [6.45, 7) is 6.17. The lowest BCUT2D eigenvalue weighted by Gasteiger charge is -2.33. The topological polar surface area (TPSA) is 96.0 Å². The van der Waals surface area contributed by atoms with Gasteiger partial charge in [-0.25, -0.2) is 8.42 Å². The lowest BCUT2D eigenvalue weighted by Crippen LogP contribution is -2.52. The van der Waals surface area contributed by atoms with E-state index in [0.29, 0.717) is 25.3 Å². The minimum atomic E-state index is -4.20. The fourth-order valence-electron chi connectivity index (χ4n) is 4.53. The van der Waals surface area contributed by atoms with Gasteiger partial charge in [-0.1, -0.05) is 62.7 Å². The van der Waals surface area contributed by atoms with Crippen molar-refractivity contribution in [3.8, 4) is 5.75 Å². The predicted molar refractivity (Wildman–Crippen MR) is 169 cm³/mol. The van der Waals surface area contributed by atoms with Crippen molar-refractivity contribution in [2.75, 3.05) is 30.3 Å². The summed E-state index contributed by atoms with van der Waals surface area (Å²) in [6.07, 6.45) is 4.03. The molecule has 42 heavy (non-hydrogen) atoms. The van der Waals surface area contributed by atoms with Crippen LogP contribution in [0.4, 0.5) is 5.69 Å². The van der Waals surface area contributed by atoms with Crippen molar-refractivity contribution in [2.45, 2.75) is 62.4 Å². The van der Waals surface area contributed by atoms with Crippen LogP contribution in [0.2, 0.25) is 0 Å². The highest BCUT2D eigenvalue weighted by Crippen LogP contribution is 2.33. The number of unbranched alkanes of at least 4 members (excludes halogenated alkanes) is 1. The smallest absolute Gasteiger partial charge is 0.264 e. The Bertz CT molecular complexity index is 1400. The molecule has 0 aliphatic heterocycles. The molecule has 8 nitrogen and oxygen atoms in total. The number of carbonyl (C=O) groups is 2. The molecule has 1 atom stereocenters. The first-order valence-corrected chi connectivity index (χ1v) is 16.9. The fourth-order valence-corrected chi connectivity index (χ4v) is 6.37. The number of para-hydroxylation sites is 2. The zero-order valence-corrected chi connectivity index (χ0v) is 26.4. The standard InChI is InChI=1S/C32H41N3O5S2/c1-5-8-22-33-32(37)28(6-2)34(23-25-14-10-9-11-15-25)31(36)24-35(29-16-12-13-17-30(29)40-7-3)42(38,39)27-20-18-26(41-4)19-21-27/h9-21,28H,5-8,22-24H2,1-4H3,(H,33,37)/t28-/m0/s1. The van der Waals surface area contributed by atoms with Crippen molar-refractivity contribution in [3.05, 3.63) is 84.4 Å². The largest absolute Gasteiger partial charge is 0.492 e. The number of sulfonamides is 1. The third-order valence-corrected chi connectivity index (χ3v) is 9.29. The zero-order valence-electron chi connectivity index (χ0n) is 24.8. The summed E-state index contributed by atoms with van der Waals surface area (Å²) in [7, 11) is -4.20. The predicted octanol–water partition coefficient (Wildman–Crippen LogP) is 5.73. The zero-order chi connectivity index (χ0) is 30.5. The third kappa shape index (κ3) is 8.51. The van der Waals surface area contributed by atoms with Crippen molar-refractivity contribution in [3.63, 3.8) is 0 Å². The number of rotatable bonds is 16. The van der Waals surface area contributed by atoms with Crippen molar-refractivity contribution in [2.24, 2.45) is 0 Å². The molecule has 0 unspecified atom stereocenters. The van der Waals surface area contributed by atoms with E-state index < -0.39 is 28.5 Å². The van der Waals surface area contributed by atoms with E-state index in [1.54, 1.807) is 48.5 Å². The molecule has 0 aliphatic rings. The SMILES string of the molecule is CCCCNC(=O)[C@H](CC)N(Cc1ccccc1)C(=O)CN(c1ccccc1OCC)S(=O)(=O)c1ccc(SC)cc1. The van der Waals surface area contributed by atoms with Gasteiger partial charge >= 0.3 is 0 Å². The molecular formula is C32H41N3O5S2. The molecular weight excluding hydrogens is 571 g/mol. The molecule has 0 aromatic heterocycles. The van der Waals surface area contributed by atoms with Gasteiger partial charge in [0.05, 0.1) is 17.2 Å². The molecule has 0 radical (unpaired) electrons. The maximum Gasteiger partial charge on any atom is 0.264 e. The van der Waals surface area contributed by atoms with Gasteiger partial charge in [0.1, 0.15) is 18.3 Å². The number of hydrogen-bond acceptors (Lipinski definition) is 6. The van der Waals surface area contributed by atoms with Gasteiger partial charge in [0, 0.05) is 18.0 Å². The van der Waals surface area contributed by atoms with Crippen molar-refractivity contribution in [1.29, 1.82) is 0 Å². The summed E-state index contributed by atoms with van der Waals surface area (Å²) >= 11 is 1.51. The Morgan fingerprint density at radius 3 is 2.21 bits per heavy atom. The van der Waals surface area contributed by atoms with Crippen LogP contribution in [0.5, 0.6) is 5.75 Å². The van der Waals surface area contributed by atoms with E-state index in [-0.39, 0.29) is 23.0 Å². The van der Waals surface area contributed by atoms with Crippen molar-refractivity contribution < 1.29 is 22.7 Å². The van der Waals surface area contributed by atoms with E-state index in [2.05, 4.69) is 5.32 Å². The molecule has 10 heteroatoms. The molecule has 0 saturated carbocycles. The maximum atomic E-state index is 14.2. The number of nitrogens with one attached hydrogen (secondary N) is 1. The highest BCUT2D eigenvalue weighted by molar-refractivity contribution is 7.98. The molecule has 3 rings (SSSR count). The fraction of sp³-hybridized carbons (Fsp3) is 0.375. The molecule has 0 bridgehead atoms. The van der Waals surface area contributed by atoms with Crippen molar-refractivity contribution >= 4 is 39.3 Å². The second-order valence-corrected chi connectivity index (χ2v) is 12.4. The number of amides is 2. The summed E-state index contributed by atoms with van der Waals surface area (Å²) in [5, 5.41) is 2.95. The Morgan fingerprint density at radius 2 is 1.60 bits per heavy atom. The molecule has 2 amide bonds. The van der Waals surface area contributed by atoms with Gasteiger partial charge in [0.2, 0.25) is 11.8 Å². The highest BCUT2D eigenvalue weighted by Gasteiger charge is 2.34. The van der Waals surface area contributed by atoms with Gasteiger partial charge in [-0.05, 0) is 68.0 Å². The number of anilines is 1. The van der Waals surface area contributed by atoms with Gasteiger partial charge in [-0.2, -0.15) is 0 Å². The van der Waals surface area contributed by atoms with Crippen LogP contribution in [-0.2, 0) is 26.2 Å². The van der Waals surface area contributed by atoms with Crippen LogP contribution < -0.4 is 14.4 Å². The van der Waals surface area contributed by atoms with E-state index in [1.807, 2.05) is 57.4 Å². The van der Waals surface area contributed by atoms with Gasteiger partial charge in [-0.15, -0.1) is 11.8 Å². The summed E-state index contributed by atoms with van der Waals surface area (Å²) in [6, 6.07) is 21.9. The van der Waals surface area contributed by atoms with Gasteiger partial charge in [-0.3, -0.25) is 13.9 Å². The Hall–Kier alpha value is -3.50. The minimum Gasteiger partial charge on any atom is -0.492 e. The minimum absolute atomic E-state index is 0.0540. The number of ether oxygens (including phenoxy) is 1. The summed E-state index contributed by atoms with van der Waals surface area (Å²) in [5.74, 6) is -0.407. The van der Waals surface area contributed by atoms with Crippen LogP contribution >= 0.6 is 11.8 Å². The summed E-state index contributed by atoms with van der Waals surface area (Å²) in [5.41, 5.74) is 1.09. The molecule has 0 spiro atoms. The highest BCUT2D eigenvalue weighted by atomic mass is 32.2. The Balaban J connectivity index is 2.07.